The standard InChI is InChI=1S/C12H20N4O/c1-9-11(13)14-8-15-12(9)16(6-3-7-17)10-4-2-5-10/h8,10,17H,2-7H2,1H3,(H2,13,14,15). The summed E-state index contributed by atoms with van der Waals surface area (Å²) in [5, 5.41) is 8.97. The molecule has 0 aromatic carbocycles. The molecule has 94 valence electrons. The number of hydrogen-bond acceptors (Lipinski definition) is 5. The molecule has 0 aliphatic heterocycles. The minimum atomic E-state index is 0.211. The maximum Gasteiger partial charge on any atom is 0.137 e. The third-order valence-electron chi connectivity index (χ3n) is 3.44. The predicted molar refractivity (Wildman–Crippen MR) is 67.9 cm³/mol. The maximum atomic E-state index is 8.97. The molecule has 1 aromatic heterocycles. The lowest BCUT2D eigenvalue weighted by Crippen LogP contribution is -2.42. The van der Waals surface area contributed by atoms with Crippen molar-refractivity contribution in [1.29, 1.82) is 0 Å². The molecule has 1 fully saturated rings. The van der Waals surface area contributed by atoms with E-state index in [4.69, 9.17) is 10.8 Å². The SMILES string of the molecule is Cc1c(N)ncnc1N(CCCO)C1CCC1. The number of rotatable bonds is 5. The third-order valence-corrected chi connectivity index (χ3v) is 3.44. The zero-order valence-corrected chi connectivity index (χ0v) is 10.3. The summed E-state index contributed by atoms with van der Waals surface area (Å²) < 4.78 is 0. The molecular weight excluding hydrogens is 216 g/mol. The summed E-state index contributed by atoms with van der Waals surface area (Å²) in [4.78, 5) is 10.6. The Hall–Kier alpha value is -1.36. The molecular formula is C12H20N4O. The Morgan fingerprint density at radius 1 is 1.47 bits per heavy atom. The first-order chi connectivity index (χ1) is 8.24. The van der Waals surface area contributed by atoms with Crippen LogP contribution in [0.4, 0.5) is 11.6 Å². The molecule has 5 heteroatoms. The van der Waals surface area contributed by atoms with Gasteiger partial charge in [0.05, 0.1) is 0 Å². The zero-order valence-electron chi connectivity index (χ0n) is 10.3. The summed E-state index contributed by atoms with van der Waals surface area (Å²) in [6.07, 6.45) is 5.96. The summed E-state index contributed by atoms with van der Waals surface area (Å²) >= 11 is 0. The Bertz CT molecular complexity index is 379. The van der Waals surface area contributed by atoms with Crippen molar-refractivity contribution in [3.8, 4) is 0 Å². The van der Waals surface area contributed by atoms with E-state index in [0.29, 0.717) is 11.9 Å². The minimum absolute atomic E-state index is 0.211. The number of hydrogen-bond donors (Lipinski definition) is 2. The molecule has 1 saturated carbocycles. The number of aliphatic hydroxyl groups is 1. The fraction of sp³-hybridized carbons (Fsp3) is 0.667. The van der Waals surface area contributed by atoms with Crippen LogP contribution in [0.5, 0.6) is 0 Å². The smallest absolute Gasteiger partial charge is 0.137 e. The molecule has 0 radical (unpaired) electrons. The summed E-state index contributed by atoms with van der Waals surface area (Å²) in [6, 6.07) is 0.551. The molecule has 17 heavy (non-hydrogen) atoms. The molecule has 1 aliphatic carbocycles. The van der Waals surface area contributed by atoms with Crippen molar-refractivity contribution >= 4 is 11.6 Å². The lowest BCUT2D eigenvalue weighted by Gasteiger charge is -2.39. The van der Waals surface area contributed by atoms with E-state index < -0.39 is 0 Å². The molecule has 1 heterocycles. The lowest BCUT2D eigenvalue weighted by atomic mass is 9.91. The van der Waals surface area contributed by atoms with E-state index in [1.165, 1.54) is 25.6 Å². The first kappa shape index (κ1) is 12.1. The van der Waals surface area contributed by atoms with Crippen molar-refractivity contribution in [2.24, 2.45) is 0 Å². The number of nitrogen functional groups attached to an aromatic ring is 1. The molecule has 2 rings (SSSR count). The molecule has 3 N–H and O–H groups in total. The largest absolute Gasteiger partial charge is 0.396 e. The van der Waals surface area contributed by atoms with Crippen molar-refractivity contribution in [2.75, 3.05) is 23.8 Å². The van der Waals surface area contributed by atoms with E-state index in [-0.39, 0.29) is 6.61 Å². The van der Waals surface area contributed by atoms with Crippen molar-refractivity contribution in [2.45, 2.75) is 38.6 Å². The van der Waals surface area contributed by atoms with Crippen molar-refractivity contribution < 1.29 is 5.11 Å². The zero-order chi connectivity index (χ0) is 12.3. The van der Waals surface area contributed by atoms with E-state index in [1.807, 2.05) is 6.92 Å². The predicted octanol–water partition coefficient (Wildman–Crippen LogP) is 1.11. The summed E-state index contributed by atoms with van der Waals surface area (Å²) in [5.74, 6) is 1.47. The number of anilines is 2. The minimum Gasteiger partial charge on any atom is -0.396 e. The fourth-order valence-electron chi connectivity index (χ4n) is 2.14. The second kappa shape index (κ2) is 5.31. The monoisotopic (exact) mass is 236 g/mol. The van der Waals surface area contributed by atoms with E-state index in [1.54, 1.807) is 0 Å². The summed E-state index contributed by atoms with van der Waals surface area (Å²) in [7, 11) is 0. The van der Waals surface area contributed by atoms with Crippen LogP contribution in [0.15, 0.2) is 6.33 Å². The first-order valence-electron chi connectivity index (χ1n) is 6.18. The Labute approximate surface area is 102 Å². The second-order valence-corrected chi connectivity index (χ2v) is 4.56. The Morgan fingerprint density at radius 3 is 2.82 bits per heavy atom. The maximum absolute atomic E-state index is 8.97. The van der Waals surface area contributed by atoms with Gasteiger partial charge in [-0.25, -0.2) is 9.97 Å². The first-order valence-corrected chi connectivity index (χ1v) is 6.18. The van der Waals surface area contributed by atoms with Crippen LogP contribution in [-0.4, -0.2) is 34.3 Å². The average Bonchev–Trinajstić information content (AvgIpc) is 2.26. The molecule has 1 aliphatic rings. The Kier molecular flexibility index (Phi) is 3.78. The molecule has 0 spiro atoms. The van der Waals surface area contributed by atoms with Gasteiger partial charge in [0, 0.05) is 24.8 Å². The van der Waals surface area contributed by atoms with Gasteiger partial charge in [0.1, 0.15) is 18.0 Å². The number of nitrogens with zero attached hydrogens (tertiary/aromatic N) is 3. The van der Waals surface area contributed by atoms with Gasteiger partial charge in [-0.05, 0) is 32.6 Å². The van der Waals surface area contributed by atoms with Crippen LogP contribution in [-0.2, 0) is 0 Å². The van der Waals surface area contributed by atoms with Gasteiger partial charge >= 0.3 is 0 Å². The van der Waals surface area contributed by atoms with Gasteiger partial charge in [0.15, 0.2) is 0 Å². The Balaban J connectivity index is 2.21. The van der Waals surface area contributed by atoms with Crippen molar-refractivity contribution in [1.82, 2.24) is 9.97 Å². The number of aromatic nitrogens is 2. The van der Waals surface area contributed by atoms with Crippen LogP contribution in [0.3, 0.4) is 0 Å². The van der Waals surface area contributed by atoms with Gasteiger partial charge in [0.25, 0.3) is 0 Å². The normalized spacial score (nSPS) is 15.6. The topological polar surface area (TPSA) is 75.3 Å². The highest BCUT2D eigenvalue weighted by Gasteiger charge is 2.27. The van der Waals surface area contributed by atoms with Crippen LogP contribution in [0.2, 0.25) is 0 Å². The molecule has 0 unspecified atom stereocenters. The molecule has 1 aromatic rings. The van der Waals surface area contributed by atoms with Crippen LogP contribution in [0, 0.1) is 6.92 Å². The van der Waals surface area contributed by atoms with Crippen LogP contribution >= 0.6 is 0 Å². The third kappa shape index (κ3) is 2.49. The highest BCUT2D eigenvalue weighted by atomic mass is 16.3. The van der Waals surface area contributed by atoms with Gasteiger partial charge in [-0.3, -0.25) is 0 Å². The Morgan fingerprint density at radius 2 is 2.24 bits per heavy atom. The number of nitrogens with two attached hydrogens (primary N) is 1. The van der Waals surface area contributed by atoms with Gasteiger partial charge in [-0.15, -0.1) is 0 Å². The van der Waals surface area contributed by atoms with E-state index in [0.717, 1.165) is 24.3 Å². The van der Waals surface area contributed by atoms with Gasteiger partial charge in [-0.2, -0.15) is 0 Å². The van der Waals surface area contributed by atoms with E-state index in [9.17, 15) is 0 Å². The molecule has 0 bridgehead atoms. The fourth-order valence-corrected chi connectivity index (χ4v) is 2.14. The van der Waals surface area contributed by atoms with Crippen LogP contribution in [0.25, 0.3) is 0 Å². The quantitative estimate of drug-likeness (QED) is 0.801. The molecule has 0 atom stereocenters. The highest BCUT2D eigenvalue weighted by Crippen LogP contribution is 2.31. The van der Waals surface area contributed by atoms with Gasteiger partial charge in [0.2, 0.25) is 0 Å². The van der Waals surface area contributed by atoms with Gasteiger partial charge < -0.3 is 15.7 Å². The van der Waals surface area contributed by atoms with Crippen LogP contribution < -0.4 is 10.6 Å². The molecule has 0 amide bonds. The average molecular weight is 236 g/mol. The van der Waals surface area contributed by atoms with Gasteiger partial charge in [-0.1, -0.05) is 0 Å². The lowest BCUT2D eigenvalue weighted by molar-refractivity contribution is 0.282. The second-order valence-electron chi connectivity index (χ2n) is 4.56. The molecule has 0 saturated heterocycles. The summed E-state index contributed by atoms with van der Waals surface area (Å²) in [6.45, 7) is 3.00. The number of aliphatic hydroxyl groups excluding tert-OH is 1. The highest BCUT2D eigenvalue weighted by molar-refractivity contribution is 5.56. The molecule has 5 nitrogen and oxygen atoms in total. The van der Waals surface area contributed by atoms with Crippen LogP contribution in [0.1, 0.15) is 31.2 Å². The summed E-state index contributed by atoms with van der Waals surface area (Å²) in [5.41, 5.74) is 6.76. The van der Waals surface area contributed by atoms with E-state index >= 15 is 0 Å². The van der Waals surface area contributed by atoms with E-state index in [2.05, 4.69) is 14.9 Å². The van der Waals surface area contributed by atoms with Crippen molar-refractivity contribution in [3.63, 3.8) is 0 Å². The van der Waals surface area contributed by atoms with Crippen molar-refractivity contribution in [3.05, 3.63) is 11.9 Å².